The van der Waals surface area contributed by atoms with Crippen LogP contribution in [0.2, 0.25) is 0 Å². The first kappa shape index (κ1) is 15.4. The predicted molar refractivity (Wildman–Crippen MR) is 75.9 cm³/mol. The second-order valence-corrected chi connectivity index (χ2v) is 6.59. The SMILES string of the molecule is CN(Cc1cccc(F)c1)S(=O)(=O)c1ccc(F)cc1N. The van der Waals surface area contributed by atoms with E-state index in [9.17, 15) is 17.2 Å². The molecular weight excluding hydrogens is 298 g/mol. The molecule has 0 spiro atoms. The summed E-state index contributed by atoms with van der Waals surface area (Å²) >= 11 is 0. The van der Waals surface area contributed by atoms with Crippen LogP contribution in [-0.2, 0) is 16.6 Å². The third-order valence-electron chi connectivity index (χ3n) is 2.95. The molecule has 0 saturated carbocycles. The van der Waals surface area contributed by atoms with Gasteiger partial charge in [-0.1, -0.05) is 12.1 Å². The molecule has 2 N–H and O–H groups in total. The van der Waals surface area contributed by atoms with Crippen molar-refractivity contribution in [2.24, 2.45) is 0 Å². The molecule has 112 valence electrons. The maximum atomic E-state index is 13.1. The van der Waals surface area contributed by atoms with E-state index in [1.54, 1.807) is 6.07 Å². The molecule has 0 amide bonds. The molecule has 0 fully saturated rings. The lowest BCUT2D eigenvalue weighted by Crippen LogP contribution is -2.27. The highest BCUT2D eigenvalue weighted by Gasteiger charge is 2.23. The summed E-state index contributed by atoms with van der Waals surface area (Å²) in [6, 6.07) is 8.72. The molecule has 2 rings (SSSR count). The summed E-state index contributed by atoms with van der Waals surface area (Å²) in [5.74, 6) is -1.06. The molecule has 2 aromatic carbocycles. The van der Waals surface area contributed by atoms with Crippen molar-refractivity contribution in [2.45, 2.75) is 11.4 Å². The Labute approximate surface area is 121 Å². The van der Waals surface area contributed by atoms with Gasteiger partial charge in [0, 0.05) is 13.6 Å². The molecule has 21 heavy (non-hydrogen) atoms. The van der Waals surface area contributed by atoms with E-state index in [0.29, 0.717) is 5.56 Å². The molecule has 0 aliphatic heterocycles. The number of hydrogen-bond donors (Lipinski definition) is 1. The first-order valence-electron chi connectivity index (χ1n) is 6.06. The Hall–Kier alpha value is -1.99. The summed E-state index contributed by atoms with van der Waals surface area (Å²) in [6.07, 6.45) is 0. The van der Waals surface area contributed by atoms with E-state index in [2.05, 4.69) is 0 Å². The fraction of sp³-hybridized carbons (Fsp3) is 0.143. The van der Waals surface area contributed by atoms with Crippen LogP contribution in [0.15, 0.2) is 47.4 Å². The fourth-order valence-corrected chi connectivity index (χ4v) is 3.15. The number of anilines is 1. The maximum absolute atomic E-state index is 13.1. The van der Waals surface area contributed by atoms with Gasteiger partial charge in [-0.25, -0.2) is 17.2 Å². The van der Waals surface area contributed by atoms with Gasteiger partial charge in [0.25, 0.3) is 0 Å². The Bertz CT molecular complexity index is 763. The van der Waals surface area contributed by atoms with Crippen molar-refractivity contribution in [1.29, 1.82) is 0 Å². The number of nitrogen functional groups attached to an aromatic ring is 1. The molecule has 0 heterocycles. The average molecular weight is 312 g/mol. The average Bonchev–Trinajstić information content (AvgIpc) is 2.38. The van der Waals surface area contributed by atoms with Crippen LogP contribution in [0.5, 0.6) is 0 Å². The van der Waals surface area contributed by atoms with Crippen molar-refractivity contribution in [2.75, 3.05) is 12.8 Å². The maximum Gasteiger partial charge on any atom is 0.245 e. The van der Waals surface area contributed by atoms with Gasteiger partial charge in [-0.05, 0) is 35.9 Å². The van der Waals surface area contributed by atoms with E-state index in [-0.39, 0.29) is 17.1 Å². The van der Waals surface area contributed by atoms with Gasteiger partial charge in [-0.15, -0.1) is 0 Å². The van der Waals surface area contributed by atoms with Gasteiger partial charge in [0.2, 0.25) is 10.0 Å². The van der Waals surface area contributed by atoms with Crippen molar-refractivity contribution in [3.63, 3.8) is 0 Å². The lowest BCUT2D eigenvalue weighted by molar-refractivity contribution is 0.465. The zero-order valence-electron chi connectivity index (χ0n) is 11.3. The third-order valence-corrected chi connectivity index (χ3v) is 4.83. The number of nitrogens with zero attached hydrogens (tertiary/aromatic N) is 1. The molecule has 2 aromatic rings. The predicted octanol–water partition coefficient (Wildman–Crippen LogP) is 2.37. The molecule has 0 aliphatic rings. The Morgan fingerprint density at radius 2 is 1.76 bits per heavy atom. The highest BCUT2D eigenvalue weighted by Crippen LogP contribution is 2.23. The van der Waals surface area contributed by atoms with Gasteiger partial charge in [0.05, 0.1) is 5.69 Å². The standard InChI is InChI=1S/C14H14F2N2O2S/c1-18(9-10-3-2-4-11(15)7-10)21(19,20)14-6-5-12(16)8-13(14)17/h2-8H,9,17H2,1H3. The first-order valence-corrected chi connectivity index (χ1v) is 7.50. The summed E-state index contributed by atoms with van der Waals surface area (Å²) in [7, 11) is -2.53. The normalized spacial score (nSPS) is 11.8. The van der Waals surface area contributed by atoms with Crippen LogP contribution in [0.4, 0.5) is 14.5 Å². The topological polar surface area (TPSA) is 63.4 Å². The highest BCUT2D eigenvalue weighted by molar-refractivity contribution is 7.89. The molecule has 7 heteroatoms. The van der Waals surface area contributed by atoms with Gasteiger partial charge in [0.1, 0.15) is 16.5 Å². The minimum Gasteiger partial charge on any atom is -0.398 e. The fourth-order valence-electron chi connectivity index (χ4n) is 1.90. The molecule has 0 saturated heterocycles. The Morgan fingerprint density at radius 3 is 2.38 bits per heavy atom. The molecule has 0 aromatic heterocycles. The monoisotopic (exact) mass is 312 g/mol. The van der Waals surface area contributed by atoms with Crippen molar-refractivity contribution < 1.29 is 17.2 Å². The van der Waals surface area contributed by atoms with Crippen LogP contribution in [0, 0.1) is 11.6 Å². The number of rotatable bonds is 4. The van der Waals surface area contributed by atoms with Crippen molar-refractivity contribution in [1.82, 2.24) is 4.31 Å². The van der Waals surface area contributed by atoms with E-state index in [1.165, 1.54) is 25.2 Å². The van der Waals surface area contributed by atoms with Crippen LogP contribution in [0.3, 0.4) is 0 Å². The van der Waals surface area contributed by atoms with E-state index in [1.807, 2.05) is 0 Å². The summed E-state index contributed by atoms with van der Waals surface area (Å²) in [6.45, 7) is -0.0170. The Kier molecular flexibility index (Phi) is 4.24. The summed E-state index contributed by atoms with van der Waals surface area (Å²) in [5.41, 5.74) is 5.89. The second kappa shape index (κ2) is 5.79. The van der Waals surface area contributed by atoms with Crippen molar-refractivity contribution in [3.8, 4) is 0 Å². The number of nitrogens with two attached hydrogens (primary N) is 1. The zero-order chi connectivity index (χ0) is 15.6. The first-order chi connectivity index (χ1) is 9.80. The van der Waals surface area contributed by atoms with Crippen LogP contribution in [0.1, 0.15) is 5.56 Å². The van der Waals surface area contributed by atoms with E-state index < -0.39 is 21.7 Å². The lowest BCUT2D eigenvalue weighted by atomic mass is 10.2. The summed E-state index contributed by atoms with van der Waals surface area (Å²) < 4.78 is 51.9. The molecule has 0 unspecified atom stereocenters. The smallest absolute Gasteiger partial charge is 0.245 e. The number of benzene rings is 2. The summed E-state index contributed by atoms with van der Waals surface area (Å²) in [5, 5.41) is 0. The molecule has 0 radical (unpaired) electrons. The van der Waals surface area contributed by atoms with Gasteiger partial charge in [0.15, 0.2) is 0 Å². The highest BCUT2D eigenvalue weighted by atomic mass is 32.2. The number of halogens is 2. The Morgan fingerprint density at radius 1 is 1.10 bits per heavy atom. The van der Waals surface area contributed by atoms with Gasteiger partial charge in [-0.3, -0.25) is 0 Å². The molecule has 4 nitrogen and oxygen atoms in total. The van der Waals surface area contributed by atoms with Crippen LogP contribution >= 0.6 is 0 Å². The van der Waals surface area contributed by atoms with Gasteiger partial charge in [-0.2, -0.15) is 4.31 Å². The largest absolute Gasteiger partial charge is 0.398 e. The van der Waals surface area contributed by atoms with Gasteiger partial charge >= 0.3 is 0 Å². The quantitative estimate of drug-likeness (QED) is 0.882. The van der Waals surface area contributed by atoms with E-state index >= 15 is 0 Å². The van der Waals surface area contributed by atoms with E-state index in [0.717, 1.165) is 22.5 Å². The van der Waals surface area contributed by atoms with Crippen molar-refractivity contribution >= 4 is 15.7 Å². The minimum absolute atomic E-state index is 0.0170. The Balaban J connectivity index is 2.30. The second-order valence-electron chi connectivity index (χ2n) is 4.57. The minimum atomic E-state index is -3.88. The van der Waals surface area contributed by atoms with E-state index in [4.69, 9.17) is 5.73 Å². The number of hydrogen-bond acceptors (Lipinski definition) is 3. The van der Waals surface area contributed by atoms with Crippen LogP contribution in [0.25, 0.3) is 0 Å². The molecule has 0 atom stereocenters. The molecule has 0 aliphatic carbocycles. The lowest BCUT2D eigenvalue weighted by Gasteiger charge is -2.18. The van der Waals surface area contributed by atoms with Gasteiger partial charge < -0.3 is 5.73 Å². The van der Waals surface area contributed by atoms with Crippen LogP contribution in [-0.4, -0.2) is 19.8 Å². The van der Waals surface area contributed by atoms with Crippen LogP contribution < -0.4 is 5.73 Å². The molecular formula is C14H14F2N2O2S. The summed E-state index contributed by atoms with van der Waals surface area (Å²) in [4.78, 5) is -0.178. The number of sulfonamides is 1. The third kappa shape index (κ3) is 3.37. The van der Waals surface area contributed by atoms with Crippen molar-refractivity contribution in [3.05, 3.63) is 59.7 Å². The zero-order valence-corrected chi connectivity index (χ0v) is 12.1. The molecule has 0 bridgehead atoms.